The summed E-state index contributed by atoms with van der Waals surface area (Å²) in [5.41, 5.74) is 1.41. The lowest BCUT2D eigenvalue weighted by Crippen LogP contribution is -2.04. The average molecular weight is 264 g/mol. The standard InChI is InChI=1S/C17H28O2/c1-3-4-5-6-7-8-9-16-10-12-17(13-11-16)19-15-14-18-2/h10-13H,3-9,14-15H2,1-2H3. The molecule has 0 bridgehead atoms. The molecule has 0 aliphatic heterocycles. The molecule has 1 rings (SSSR count). The molecule has 1 aromatic carbocycles. The van der Waals surface area contributed by atoms with E-state index >= 15 is 0 Å². The van der Waals surface area contributed by atoms with Gasteiger partial charge in [0.1, 0.15) is 12.4 Å². The molecule has 0 amide bonds. The van der Waals surface area contributed by atoms with Crippen LogP contribution in [0.5, 0.6) is 5.75 Å². The number of hydrogen-bond acceptors (Lipinski definition) is 2. The summed E-state index contributed by atoms with van der Waals surface area (Å²) < 4.78 is 10.5. The zero-order valence-electron chi connectivity index (χ0n) is 12.5. The second-order valence-electron chi connectivity index (χ2n) is 5.00. The van der Waals surface area contributed by atoms with E-state index in [1.807, 2.05) is 0 Å². The monoisotopic (exact) mass is 264 g/mol. The normalized spacial score (nSPS) is 10.6. The molecule has 0 aliphatic carbocycles. The van der Waals surface area contributed by atoms with Gasteiger partial charge < -0.3 is 9.47 Å². The van der Waals surface area contributed by atoms with E-state index in [-0.39, 0.29) is 0 Å². The minimum atomic E-state index is 0.618. The van der Waals surface area contributed by atoms with Crippen molar-refractivity contribution >= 4 is 0 Å². The molecule has 108 valence electrons. The largest absolute Gasteiger partial charge is 0.491 e. The fourth-order valence-corrected chi connectivity index (χ4v) is 2.10. The molecule has 1 aromatic rings. The summed E-state index contributed by atoms with van der Waals surface area (Å²) in [4.78, 5) is 0. The van der Waals surface area contributed by atoms with E-state index in [1.165, 1.54) is 50.5 Å². The van der Waals surface area contributed by atoms with Crippen molar-refractivity contribution in [2.45, 2.75) is 51.9 Å². The number of aryl methyl sites for hydroxylation is 1. The summed E-state index contributed by atoms with van der Waals surface area (Å²) in [6.07, 6.45) is 9.32. The molecule has 19 heavy (non-hydrogen) atoms. The third-order valence-electron chi connectivity index (χ3n) is 3.30. The predicted octanol–water partition coefficient (Wildman–Crippen LogP) is 4.61. The van der Waals surface area contributed by atoms with Crippen LogP contribution in [0.3, 0.4) is 0 Å². The lowest BCUT2D eigenvalue weighted by molar-refractivity contribution is 0.146. The van der Waals surface area contributed by atoms with Gasteiger partial charge in [-0.2, -0.15) is 0 Å². The molecular formula is C17H28O2. The highest BCUT2D eigenvalue weighted by atomic mass is 16.5. The van der Waals surface area contributed by atoms with Gasteiger partial charge in [-0.25, -0.2) is 0 Å². The molecule has 0 radical (unpaired) electrons. The Morgan fingerprint density at radius 2 is 1.53 bits per heavy atom. The highest BCUT2D eigenvalue weighted by Gasteiger charge is 1.96. The molecule has 0 aromatic heterocycles. The van der Waals surface area contributed by atoms with E-state index in [4.69, 9.17) is 9.47 Å². The van der Waals surface area contributed by atoms with Crippen LogP contribution in [-0.2, 0) is 11.2 Å². The van der Waals surface area contributed by atoms with E-state index in [0.717, 1.165) is 5.75 Å². The number of methoxy groups -OCH3 is 1. The number of benzene rings is 1. The average Bonchev–Trinajstić information content (AvgIpc) is 2.44. The van der Waals surface area contributed by atoms with Crippen LogP contribution in [0.25, 0.3) is 0 Å². The molecule has 0 spiro atoms. The third-order valence-corrected chi connectivity index (χ3v) is 3.30. The molecule has 0 heterocycles. The Balaban J connectivity index is 2.13. The van der Waals surface area contributed by atoms with Crippen molar-refractivity contribution < 1.29 is 9.47 Å². The number of unbranched alkanes of at least 4 members (excludes halogenated alkanes) is 5. The molecule has 0 saturated heterocycles. The third kappa shape index (κ3) is 7.89. The molecule has 0 fully saturated rings. The fourth-order valence-electron chi connectivity index (χ4n) is 2.10. The van der Waals surface area contributed by atoms with E-state index in [1.54, 1.807) is 7.11 Å². The van der Waals surface area contributed by atoms with Gasteiger partial charge in [-0.1, -0.05) is 51.2 Å². The fraction of sp³-hybridized carbons (Fsp3) is 0.647. The Morgan fingerprint density at radius 3 is 2.21 bits per heavy atom. The first kappa shape index (κ1) is 16.0. The first-order chi connectivity index (χ1) is 9.36. The number of rotatable bonds is 11. The maximum Gasteiger partial charge on any atom is 0.119 e. The lowest BCUT2D eigenvalue weighted by atomic mass is 10.0. The van der Waals surface area contributed by atoms with Crippen molar-refractivity contribution in [1.82, 2.24) is 0 Å². The van der Waals surface area contributed by atoms with Gasteiger partial charge in [0.2, 0.25) is 0 Å². The van der Waals surface area contributed by atoms with Crippen molar-refractivity contribution in [2.75, 3.05) is 20.3 Å². The molecule has 0 atom stereocenters. The minimum absolute atomic E-state index is 0.618. The van der Waals surface area contributed by atoms with Gasteiger partial charge in [0.15, 0.2) is 0 Å². The second kappa shape index (κ2) is 10.9. The van der Waals surface area contributed by atoms with Crippen LogP contribution in [0.15, 0.2) is 24.3 Å². The van der Waals surface area contributed by atoms with Crippen molar-refractivity contribution in [3.05, 3.63) is 29.8 Å². The van der Waals surface area contributed by atoms with Crippen LogP contribution in [-0.4, -0.2) is 20.3 Å². The summed E-state index contributed by atoms with van der Waals surface area (Å²) in [5, 5.41) is 0. The summed E-state index contributed by atoms with van der Waals surface area (Å²) in [6, 6.07) is 8.46. The Labute approximate surface area is 118 Å². The quantitative estimate of drug-likeness (QED) is 0.543. The maximum atomic E-state index is 5.55. The topological polar surface area (TPSA) is 18.5 Å². The van der Waals surface area contributed by atoms with Gasteiger partial charge in [-0.3, -0.25) is 0 Å². The Morgan fingerprint density at radius 1 is 0.842 bits per heavy atom. The van der Waals surface area contributed by atoms with E-state index < -0.39 is 0 Å². The summed E-state index contributed by atoms with van der Waals surface area (Å²) >= 11 is 0. The smallest absolute Gasteiger partial charge is 0.119 e. The predicted molar refractivity (Wildman–Crippen MR) is 80.9 cm³/mol. The number of ether oxygens (including phenoxy) is 2. The van der Waals surface area contributed by atoms with Crippen LogP contribution in [0.1, 0.15) is 51.0 Å². The van der Waals surface area contributed by atoms with Crippen molar-refractivity contribution in [3.63, 3.8) is 0 Å². The first-order valence-corrected chi connectivity index (χ1v) is 7.57. The van der Waals surface area contributed by atoms with Crippen LogP contribution >= 0.6 is 0 Å². The number of hydrogen-bond donors (Lipinski definition) is 0. The zero-order valence-corrected chi connectivity index (χ0v) is 12.5. The molecule has 2 nitrogen and oxygen atoms in total. The summed E-state index contributed by atoms with van der Waals surface area (Å²) in [5.74, 6) is 0.934. The lowest BCUT2D eigenvalue weighted by Gasteiger charge is -2.06. The van der Waals surface area contributed by atoms with Crippen LogP contribution in [0.4, 0.5) is 0 Å². The molecule has 0 unspecified atom stereocenters. The van der Waals surface area contributed by atoms with Crippen LogP contribution in [0.2, 0.25) is 0 Å². The van der Waals surface area contributed by atoms with Gasteiger partial charge in [0.25, 0.3) is 0 Å². The van der Waals surface area contributed by atoms with E-state index in [0.29, 0.717) is 13.2 Å². The van der Waals surface area contributed by atoms with Gasteiger partial charge in [0.05, 0.1) is 6.61 Å². The molecule has 0 N–H and O–H groups in total. The van der Waals surface area contributed by atoms with Crippen molar-refractivity contribution in [1.29, 1.82) is 0 Å². The first-order valence-electron chi connectivity index (χ1n) is 7.57. The highest BCUT2D eigenvalue weighted by molar-refractivity contribution is 5.27. The van der Waals surface area contributed by atoms with Gasteiger partial charge >= 0.3 is 0 Å². The Bertz CT molecular complexity index is 306. The SMILES string of the molecule is CCCCCCCCc1ccc(OCCOC)cc1. The maximum absolute atomic E-state index is 5.55. The minimum Gasteiger partial charge on any atom is -0.491 e. The summed E-state index contributed by atoms with van der Waals surface area (Å²) in [6.45, 7) is 3.52. The van der Waals surface area contributed by atoms with Gasteiger partial charge in [-0.15, -0.1) is 0 Å². The highest BCUT2D eigenvalue weighted by Crippen LogP contribution is 2.15. The van der Waals surface area contributed by atoms with Gasteiger partial charge in [-0.05, 0) is 30.5 Å². The molecule has 0 aliphatic rings. The second-order valence-corrected chi connectivity index (χ2v) is 5.00. The van der Waals surface area contributed by atoms with Crippen LogP contribution < -0.4 is 4.74 Å². The van der Waals surface area contributed by atoms with E-state index in [9.17, 15) is 0 Å². The van der Waals surface area contributed by atoms with Gasteiger partial charge in [0, 0.05) is 7.11 Å². The molecular weight excluding hydrogens is 236 g/mol. The molecule has 2 heteroatoms. The van der Waals surface area contributed by atoms with Crippen molar-refractivity contribution in [3.8, 4) is 5.75 Å². The molecule has 0 saturated carbocycles. The summed E-state index contributed by atoms with van der Waals surface area (Å²) in [7, 11) is 1.69. The van der Waals surface area contributed by atoms with E-state index in [2.05, 4.69) is 31.2 Å². The Kier molecular flexibility index (Phi) is 9.17. The van der Waals surface area contributed by atoms with Crippen LogP contribution in [0, 0.1) is 0 Å². The zero-order chi connectivity index (χ0) is 13.8. The Hall–Kier alpha value is -1.02. The van der Waals surface area contributed by atoms with Crippen molar-refractivity contribution in [2.24, 2.45) is 0 Å².